The summed E-state index contributed by atoms with van der Waals surface area (Å²) in [7, 11) is 0. The molecule has 0 amide bonds. The average Bonchev–Trinajstić information content (AvgIpc) is 2.01. The van der Waals surface area contributed by atoms with Gasteiger partial charge in [-0.05, 0) is 27.2 Å². The molecule has 0 aliphatic carbocycles. The fourth-order valence-corrected chi connectivity index (χ4v) is 1.69. The van der Waals surface area contributed by atoms with Gasteiger partial charge in [0.1, 0.15) is 11.6 Å². The lowest BCUT2D eigenvalue weighted by Crippen LogP contribution is -2.46. The molecule has 1 heterocycles. The van der Waals surface area contributed by atoms with Gasteiger partial charge in [-0.25, -0.2) is 4.79 Å². The van der Waals surface area contributed by atoms with Crippen molar-refractivity contribution in [1.82, 2.24) is 4.90 Å². The van der Waals surface area contributed by atoms with E-state index >= 15 is 0 Å². The molecular weight excluding hydrogens is 166 g/mol. The molecule has 1 fully saturated rings. The van der Waals surface area contributed by atoms with Crippen molar-refractivity contribution >= 4 is 5.94 Å². The van der Waals surface area contributed by atoms with Crippen molar-refractivity contribution in [3.8, 4) is 0 Å². The van der Waals surface area contributed by atoms with Crippen molar-refractivity contribution in [1.29, 1.82) is 0 Å². The Morgan fingerprint density at radius 3 is 2.62 bits per heavy atom. The van der Waals surface area contributed by atoms with Gasteiger partial charge in [0.2, 0.25) is 0 Å². The van der Waals surface area contributed by atoms with Gasteiger partial charge in [0.25, 0.3) is 0 Å². The zero-order valence-electron chi connectivity index (χ0n) is 8.50. The van der Waals surface area contributed by atoms with Gasteiger partial charge in [0.05, 0.1) is 6.10 Å². The molecule has 0 saturated carbocycles. The lowest BCUT2D eigenvalue weighted by molar-refractivity contribution is 0.0738. The Morgan fingerprint density at radius 2 is 2.15 bits per heavy atom. The molecule has 3 heteroatoms. The van der Waals surface area contributed by atoms with Crippen LogP contribution >= 0.6 is 0 Å². The van der Waals surface area contributed by atoms with Gasteiger partial charge in [0, 0.05) is 18.5 Å². The van der Waals surface area contributed by atoms with E-state index in [1.54, 1.807) is 0 Å². The third-order valence-corrected chi connectivity index (χ3v) is 2.37. The summed E-state index contributed by atoms with van der Waals surface area (Å²) in [6.45, 7) is 6.92. The average molecular weight is 183 g/mol. The molecule has 13 heavy (non-hydrogen) atoms. The topological polar surface area (TPSA) is 40.5 Å². The van der Waals surface area contributed by atoms with E-state index in [4.69, 9.17) is 0 Å². The molecule has 0 aromatic rings. The summed E-state index contributed by atoms with van der Waals surface area (Å²) in [5, 5.41) is 9.37. The smallest absolute Gasteiger partial charge is 0.145 e. The number of carbonyl (C=O) groups excluding carboxylic acids is 1. The van der Waals surface area contributed by atoms with Gasteiger partial charge in [0.15, 0.2) is 0 Å². The molecule has 3 nitrogen and oxygen atoms in total. The lowest BCUT2D eigenvalue weighted by atomic mass is 9.97. The van der Waals surface area contributed by atoms with E-state index in [2.05, 4.69) is 20.8 Å². The van der Waals surface area contributed by atoms with Crippen LogP contribution in [0.2, 0.25) is 0 Å². The number of nitrogens with zero attached hydrogens (tertiary/aromatic N) is 1. The number of rotatable bonds is 0. The zero-order chi connectivity index (χ0) is 10.1. The predicted octanol–water partition coefficient (Wildman–Crippen LogP) is 0.957. The van der Waals surface area contributed by atoms with Crippen LogP contribution in [-0.4, -0.2) is 34.1 Å². The van der Waals surface area contributed by atoms with Crippen molar-refractivity contribution < 1.29 is 9.90 Å². The first kappa shape index (κ1) is 10.3. The van der Waals surface area contributed by atoms with E-state index in [0.717, 1.165) is 13.0 Å². The molecule has 1 rings (SSSR count). The summed E-state index contributed by atoms with van der Waals surface area (Å²) in [5.41, 5.74) is 0.554. The quantitative estimate of drug-likeness (QED) is 0.569. The SMILES string of the molecule is CC(C)(C)N1CCC(O)CC1=C=O. The highest BCUT2D eigenvalue weighted by Gasteiger charge is 2.29. The predicted molar refractivity (Wildman–Crippen MR) is 50.9 cm³/mol. The van der Waals surface area contributed by atoms with Crippen LogP contribution in [0, 0.1) is 0 Å². The highest BCUT2D eigenvalue weighted by Crippen LogP contribution is 2.26. The Hall–Kier alpha value is -0.790. The molecule has 0 bridgehead atoms. The summed E-state index contributed by atoms with van der Waals surface area (Å²) in [6.07, 6.45) is 0.818. The molecule has 0 radical (unpaired) electrons. The van der Waals surface area contributed by atoms with Crippen LogP contribution in [0.4, 0.5) is 0 Å². The lowest BCUT2D eigenvalue weighted by Gasteiger charge is -2.41. The minimum absolute atomic E-state index is 0.0487. The maximum Gasteiger partial charge on any atom is 0.145 e. The van der Waals surface area contributed by atoms with E-state index in [-0.39, 0.29) is 11.6 Å². The molecule has 1 N–H and O–H groups in total. The first-order valence-electron chi connectivity index (χ1n) is 4.65. The monoisotopic (exact) mass is 183 g/mol. The molecule has 1 atom stereocenters. The normalized spacial score (nSPS) is 24.5. The highest BCUT2D eigenvalue weighted by molar-refractivity contribution is 5.52. The Labute approximate surface area is 79.0 Å². The first-order valence-corrected chi connectivity index (χ1v) is 4.65. The number of hydrogen-bond donors (Lipinski definition) is 1. The fraction of sp³-hybridized carbons (Fsp3) is 0.800. The molecular formula is C10H17NO2. The minimum Gasteiger partial charge on any atom is -0.393 e. The van der Waals surface area contributed by atoms with Crippen molar-refractivity contribution in [3.05, 3.63) is 5.70 Å². The van der Waals surface area contributed by atoms with Crippen LogP contribution in [0.3, 0.4) is 0 Å². The summed E-state index contributed by atoms with van der Waals surface area (Å²) >= 11 is 0. The summed E-state index contributed by atoms with van der Waals surface area (Å²) in [4.78, 5) is 12.7. The van der Waals surface area contributed by atoms with Gasteiger partial charge in [-0.15, -0.1) is 0 Å². The number of aliphatic hydroxyl groups excluding tert-OH is 1. The number of piperidine rings is 1. The Kier molecular flexibility index (Phi) is 2.79. The minimum atomic E-state index is -0.366. The van der Waals surface area contributed by atoms with E-state index < -0.39 is 0 Å². The highest BCUT2D eigenvalue weighted by atomic mass is 16.3. The Balaban J connectivity index is 2.81. The fourth-order valence-electron chi connectivity index (χ4n) is 1.69. The molecule has 1 unspecified atom stereocenters. The number of aliphatic hydroxyl groups is 1. The van der Waals surface area contributed by atoms with Gasteiger partial charge < -0.3 is 10.0 Å². The van der Waals surface area contributed by atoms with Crippen LogP contribution in [0.25, 0.3) is 0 Å². The van der Waals surface area contributed by atoms with Gasteiger partial charge >= 0.3 is 0 Å². The van der Waals surface area contributed by atoms with Gasteiger partial charge in [-0.1, -0.05) is 0 Å². The zero-order valence-corrected chi connectivity index (χ0v) is 8.50. The molecule has 1 aliphatic rings. The molecule has 74 valence electrons. The second-order valence-electron chi connectivity index (χ2n) is 4.52. The van der Waals surface area contributed by atoms with Crippen LogP contribution < -0.4 is 0 Å². The Morgan fingerprint density at radius 1 is 1.54 bits per heavy atom. The van der Waals surface area contributed by atoms with E-state index in [9.17, 15) is 9.90 Å². The van der Waals surface area contributed by atoms with Crippen molar-refractivity contribution in [3.63, 3.8) is 0 Å². The second kappa shape index (κ2) is 3.52. The van der Waals surface area contributed by atoms with Crippen molar-refractivity contribution in [2.75, 3.05) is 6.54 Å². The first-order chi connectivity index (χ1) is 5.95. The standard InChI is InChI=1S/C10H17NO2/c1-10(2,3)11-5-4-9(13)6-8(11)7-12/h9,13H,4-6H2,1-3H3. The summed E-state index contributed by atoms with van der Waals surface area (Å²) in [6, 6.07) is 0. The molecule has 0 aromatic heterocycles. The molecule has 1 saturated heterocycles. The maximum absolute atomic E-state index is 10.6. The maximum atomic E-state index is 10.6. The molecule has 0 aromatic carbocycles. The molecule has 1 aliphatic heterocycles. The van der Waals surface area contributed by atoms with Crippen LogP contribution in [0.5, 0.6) is 0 Å². The summed E-state index contributed by atoms with van der Waals surface area (Å²) < 4.78 is 0. The van der Waals surface area contributed by atoms with Gasteiger partial charge in [-0.3, -0.25) is 0 Å². The largest absolute Gasteiger partial charge is 0.393 e. The number of likely N-dealkylation sites (tertiary alicyclic amines) is 1. The third-order valence-electron chi connectivity index (χ3n) is 2.37. The Bertz CT molecular complexity index is 236. The molecule has 0 spiro atoms. The van der Waals surface area contributed by atoms with Gasteiger partial charge in [-0.2, -0.15) is 0 Å². The third kappa shape index (κ3) is 2.33. The van der Waals surface area contributed by atoms with E-state index in [1.165, 1.54) is 0 Å². The van der Waals surface area contributed by atoms with Crippen molar-refractivity contribution in [2.24, 2.45) is 0 Å². The van der Waals surface area contributed by atoms with Crippen LogP contribution in [-0.2, 0) is 4.79 Å². The summed E-state index contributed by atoms with van der Waals surface area (Å²) in [5.74, 6) is 1.92. The van der Waals surface area contributed by atoms with E-state index in [0.29, 0.717) is 12.1 Å². The number of hydrogen-bond acceptors (Lipinski definition) is 3. The van der Waals surface area contributed by atoms with E-state index in [1.807, 2.05) is 10.8 Å². The second-order valence-corrected chi connectivity index (χ2v) is 4.52. The van der Waals surface area contributed by atoms with Crippen LogP contribution in [0.15, 0.2) is 5.70 Å². The van der Waals surface area contributed by atoms with Crippen LogP contribution in [0.1, 0.15) is 33.6 Å². The van der Waals surface area contributed by atoms with Crippen molar-refractivity contribution in [2.45, 2.75) is 45.3 Å².